The summed E-state index contributed by atoms with van der Waals surface area (Å²) in [6, 6.07) is 0.262. The van der Waals surface area contributed by atoms with Gasteiger partial charge in [-0.15, -0.1) is 0 Å². The fourth-order valence-corrected chi connectivity index (χ4v) is 3.08. The largest absolute Gasteiger partial charge is 0.478 e. The molecular formula is C16H21N5O9. The first kappa shape index (κ1) is 22.6. The number of piperazine rings is 1. The van der Waals surface area contributed by atoms with Gasteiger partial charge < -0.3 is 35.1 Å². The molecule has 164 valence electrons. The Morgan fingerprint density at radius 3 is 2.20 bits per heavy atom. The number of carboxylic acids is 2. The van der Waals surface area contributed by atoms with Gasteiger partial charge in [0.25, 0.3) is 0 Å². The fourth-order valence-electron chi connectivity index (χ4n) is 3.08. The normalized spacial score (nSPS) is 20.8. The quantitative estimate of drug-likeness (QED) is 0.324. The van der Waals surface area contributed by atoms with E-state index in [1.54, 1.807) is 4.57 Å². The smallest absolute Gasteiger partial charge is 0.415 e. The van der Waals surface area contributed by atoms with Crippen LogP contribution < -0.4 is 4.74 Å². The van der Waals surface area contributed by atoms with Gasteiger partial charge in [-0.3, -0.25) is 9.47 Å². The molecule has 0 unspecified atom stereocenters. The van der Waals surface area contributed by atoms with Crippen LogP contribution in [0.25, 0.3) is 0 Å². The van der Waals surface area contributed by atoms with Gasteiger partial charge in [-0.1, -0.05) is 0 Å². The van der Waals surface area contributed by atoms with Crippen molar-refractivity contribution in [3.8, 4) is 6.01 Å². The van der Waals surface area contributed by atoms with Crippen molar-refractivity contribution < 1.29 is 39.4 Å². The maximum atomic E-state index is 10.9. The maximum Gasteiger partial charge on any atom is 0.415 e. The van der Waals surface area contributed by atoms with E-state index < -0.39 is 28.6 Å². The lowest BCUT2D eigenvalue weighted by atomic mass is 10.1. The van der Waals surface area contributed by atoms with Gasteiger partial charge in [-0.25, -0.2) is 14.4 Å². The van der Waals surface area contributed by atoms with Crippen molar-refractivity contribution in [1.82, 2.24) is 19.4 Å². The number of hydrogen-bond acceptors (Lipinski definition) is 8. The van der Waals surface area contributed by atoms with Crippen LogP contribution in [0, 0.1) is 10.1 Å². The first-order chi connectivity index (χ1) is 14.0. The van der Waals surface area contributed by atoms with Crippen molar-refractivity contribution in [1.29, 1.82) is 0 Å². The molecule has 0 spiro atoms. The third-order valence-electron chi connectivity index (χ3n) is 4.33. The number of fused-ring (bicyclic) bond motifs is 1. The van der Waals surface area contributed by atoms with Crippen molar-refractivity contribution in [2.45, 2.75) is 19.1 Å². The molecule has 3 heterocycles. The van der Waals surface area contributed by atoms with Gasteiger partial charge >= 0.3 is 29.9 Å². The molecule has 14 nitrogen and oxygen atoms in total. The molecule has 3 N–H and O–H groups in total. The van der Waals surface area contributed by atoms with Crippen LogP contribution in [0.1, 0.15) is 6.92 Å². The zero-order valence-electron chi connectivity index (χ0n) is 16.0. The summed E-state index contributed by atoms with van der Waals surface area (Å²) in [5.74, 6) is -2.73. The van der Waals surface area contributed by atoms with E-state index in [9.17, 15) is 24.5 Å². The second kappa shape index (κ2) is 9.21. The molecule has 1 aromatic heterocycles. The lowest BCUT2D eigenvalue weighted by Gasteiger charge is -2.36. The van der Waals surface area contributed by atoms with Gasteiger partial charge in [0, 0.05) is 49.9 Å². The highest BCUT2D eigenvalue weighted by Gasteiger charge is 2.41. The summed E-state index contributed by atoms with van der Waals surface area (Å²) in [5.41, 5.74) is -0.511. The molecule has 2 aliphatic rings. The number of aliphatic carboxylic acids is 2. The molecule has 0 radical (unpaired) electrons. The molecule has 1 aromatic rings. The van der Waals surface area contributed by atoms with Crippen molar-refractivity contribution in [3.05, 3.63) is 28.5 Å². The van der Waals surface area contributed by atoms with Gasteiger partial charge in [0.2, 0.25) is 0 Å². The van der Waals surface area contributed by atoms with E-state index in [4.69, 9.17) is 20.1 Å². The monoisotopic (exact) mass is 427 g/mol. The van der Waals surface area contributed by atoms with E-state index in [1.165, 1.54) is 11.1 Å². The molecule has 1 atom stereocenters. The van der Waals surface area contributed by atoms with Crippen LogP contribution in [-0.2, 0) is 16.1 Å². The SMILES string of the molecule is C[C@]1(CN2CCN(C(=O)O)CC2)Cn2cc([N+](=O)[O-])nc2O1.O=C(O)/C=C\C(=O)O. The molecule has 1 saturated heterocycles. The van der Waals surface area contributed by atoms with Gasteiger partial charge in [-0.2, -0.15) is 0 Å². The fraction of sp³-hybridized carbons (Fsp3) is 0.500. The van der Waals surface area contributed by atoms with E-state index in [2.05, 4.69) is 9.88 Å². The summed E-state index contributed by atoms with van der Waals surface area (Å²) >= 11 is 0. The highest BCUT2D eigenvalue weighted by Crippen LogP contribution is 2.31. The number of rotatable bonds is 5. The second-order valence-corrected chi connectivity index (χ2v) is 6.87. The number of hydrogen-bond donors (Lipinski definition) is 3. The lowest BCUT2D eigenvalue weighted by Crippen LogP contribution is -2.53. The molecular weight excluding hydrogens is 406 g/mol. The molecule has 0 aliphatic carbocycles. The highest BCUT2D eigenvalue weighted by molar-refractivity contribution is 5.89. The van der Waals surface area contributed by atoms with Crippen molar-refractivity contribution in [2.24, 2.45) is 0 Å². The minimum atomic E-state index is -1.26. The summed E-state index contributed by atoms with van der Waals surface area (Å²) in [6.45, 7) is 5.28. The zero-order valence-corrected chi connectivity index (χ0v) is 16.0. The zero-order chi connectivity index (χ0) is 22.5. The molecule has 0 bridgehead atoms. The molecule has 14 heteroatoms. The highest BCUT2D eigenvalue weighted by atomic mass is 16.6. The Bertz CT molecular complexity index is 818. The number of carboxylic acid groups (broad SMARTS) is 3. The number of aromatic nitrogens is 2. The predicted molar refractivity (Wildman–Crippen MR) is 98.4 cm³/mol. The Morgan fingerprint density at radius 1 is 1.20 bits per heavy atom. The molecule has 0 aromatic carbocycles. The van der Waals surface area contributed by atoms with E-state index in [0.29, 0.717) is 51.4 Å². The van der Waals surface area contributed by atoms with E-state index >= 15 is 0 Å². The number of amides is 1. The Hall–Kier alpha value is -3.68. The van der Waals surface area contributed by atoms with Crippen LogP contribution in [0.5, 0.6) is 6.01 Å². The molecule has 3 rings (SSSR count). The van der Waals surface area contributed by atoms with Crippen molar-refractivity contribution >= 4 is 23.8 Å². The van der Waals surface area contributed by atoms with E-state index in [-0.39, 0.29) is 11.8 Å². The summed E-state index contributed by atoms with van der Waals surface area (Å²) in [6.07, 6.45) is 1.60. The van der Waals surface area contributed by atoms with Crippen LogP contribution in [0.3, 0.4) is 0 Å². The van der Waals surface area contributed by atoms with Crippen LogP contribution in [-0.4, -0.2) is 96.0 Å². The molecule has 0 saturated carbocycles. The Balaban J connectivity index is 0.000000343. The number of imidazole rings is 1. The predicted octanol–water partition coefficient (Wildman–Crippen LogP) is -0.0502. The summed E-state index contributed by atoms with van der Waals surface area (Å²) in [4.78, 5) is 47.5. The molecule has 1 amide bonds. The average Bonchev–Trinajstić information content (AvgIpc) is 3.16. The minimum Gasteiger partial charge on any atom is -0.478 e. The van der Waals surface area contributed by atoms with Crippen LogP contribution in [0.15, 0.2) is 18.3 Å². The van der Waals surface area contributed by atoms with Gasteiger partial charge in [0.1, 0.15) is 11.8 Å². The number of ether oxygens (including phenoxy) is 1. The van der Waals surface area contributed by atoms with Gasteiger partial charge in [0.05, 0.1) is 6.54 Å². The Morgan fingerprint density at radius 2 is 1.77 bits per heavy atom. The first-order valence-electron chi connectivity index (χ1n) is 8.74. The number of nitro groups is 1. The maximum absolute atomic E-state index is 10.9. The number of carbonyl (C=O) groups is 3. The Labute approximate surface area is 169 Å². The summed E-state index contributed by atoms with van der Waals surface area (Å²) in [5, 5.41) is 35.2. The summed E-state index contributed by atoms with van der Waals surface area (Å²) < 4.78 is 7.42. The molecule has 2 aliphatic heterocycles. The van der Waals surface area contributed by atoms with Crippen molar-refractivity contribution in [3.63, 3.8) is 0 Å². The molecule has 1 fully saturated rings. The second-order valence-electron chi connectivity index (χ2n) is 6.87. The standard InChI is InChI=1S/C12H17N5O5.C4H4O4/c1-12(7-14-2-4-15(5-3-14)11(18)19)8-16-6-9(17(20)21)13-10(16)22-12;5-3(6)1-2-4(7)8/h6H,2-5,7-8H2,1H3,(H,18,19);1-2H,(H,5,6)(H,7,8)/b;2-1-/t12-;/m0./s1. The number of nitrogens with zero attached hydrogens (tertiary/aromatic N) is 5. The minimum absolute atomic E-state index is 0.216. The average molecular weight is 427 g/mol. The van der Waals surface area contributed by atoms with E-state index in [1.807, 2.05) is 6.92 Å². The Kier molecular flexibility index (Phi) is 6.94. The van der Waals surface area contributed by atoms with Crippen LogP contribution in [0.2, 0.25) is 0 Å². The lowest BCUT2D eigenvalue weighted by molar-refractivity contribution is -0.389. The topological polar surface area (TPSA) is 189 Å². The van der Waals surface area contributed by atoms with Gasteiger partial charge in [0.15, 0.2) is 0 Å². The third kappa shape index (κ3) is 6.16. The van der Waals surface area contributed by atoms with Crippen LogP contribution in [0.4, 0.5) is 10.6 Å². The molecule has 30 heavy (non-hydrogen) atoms. The summed E-state index contributed by atoms with van der Waals surface area (Å²) in [7, 11) is 0. The third-order valence-corrected chi connectivity index (χ3v) is 4.33. The van der Waals surface area contributed by atoms with E-state index in [0.717, 1.165) is 0 Å². The first-order valence-corrected chi connectivity index (χ1v) is 8.74. The van der Waals surface area contributed by atoms with Gasteiger partial charge in [-0.05, 0) is 11.8 Å². The van der Waals surface area contributed by atoms with Crippen molar-refractivity contribution in [2.75, 3.05) is 32.7 Å². The van der Waals surface area contributed by atoms with Crippen LogP contribution >= 0.6 is 0 Å².